The number of hydrogen-bond acceptors (Lipinski definition) is 3. The molecule has 0 saturated carbocycles. The molecule has 0 bridgehead atoms. The second-order valence-corrected chi connectivity index (χ2v) is 7.31. The average molecular weight is 363 g/mol. The molecule has 2 aromatic carbocycles. The number of imide groups is 1. The summed E-state index contributed by atoms with van der Waals surface area (Å²) >= 11 is 0. The second-order valence-electron chi connectivity index (χ2n) is 7.31. The van der Waals surface area contributed by atoms with Crippen LogP contribution < -0.4 is 10.6 Å². The Kier molecular flexibility index (Phi) is 3.98. The maximum Gasteiger partial charge on any atom is 0.325 e. The van der Waals surface area contributed by atoms with E-state index in [0.717, 1.165) is 33.6 Å². The van der Waals surface area contributed by atoms with Crippen LogP contribution in [-0.4, -0.2) is 29.3 Å². The van der Waals surface area contributed by atoms with E-state index in [-0.39, 0.29) is 12.5 Å². The summed E-state index contributed by atoms with van der Waals surface area (Å²) in [5.41, 5.74) is 3.58. The molecular formula is C21H21N3O3. The van der Waals surface area contributed by atoms with Crippen LogP contribution in [-0.2, 0) is 21.5 Å². The Bertz CT molecular complexity index is 949. The fraction of sp³-hybridized carbons (Fsp3) is 0.286. The number of carbonyl (C=O) groups is 3. The highest BCUT2D eigenvalue weighted by Crippen LogP contribution is 2.41. The Morgan fingerprint density at radius 2 is 1.85 bits per heavy atom. The van der Waals surface area contributed by atoms with E-state index < -0.39 is 17.5 Å². The maximum atomic E-state index is 13.1. The largest absolute Gasteiger partial charge is 0.325 e. The predicted octanol–water partition coefficient (Wildman–Crippen LogP) is 2.64. The van der Waals surface area contributed by atoms with Crippen molar-refractivity contribution >= 4 is 23.5 Å². The van der Waals surface area contributed by atoms with Gasteiger partial charge in [-0.3, -0.25) is 14.5 Å². The molecule has 4 rings (SSSR count). The van der Waals surface area contributed by atoms with Crippen molar-refractivity contribution in [2.45, 2.75) is 32.2 Å². The van der Waals surface area contributed by atoms with Crippen LogP contribution in [0, 0.1) is 13.8 Å². The lowest BCUT2D eigenvalue weighted by Crippen LogP contribution is -2.43. The van der Waals surface area contributed by atoms with Crippen molar-refractivity contribution in [1.82, 2.24) is 10.2 Å². The molecule has 2 N–H and O–H groups in total. The minimum atomic E-state index is -1.03. The molecule has 4 amide bonds. The number of anilines is 1. The summed E-state index contributed by atoms with van der Waals surface area (Å²) in [5.74, 6) is -0.750. The third kappa shape index (κ3) is 2.87. The standard InChI is InChI=1S/C21H21N3O3/c1-13-9-14(2)11-16(10-13)22-18(25)12-24-19(26)21(23-20(24)27)8-7-15-5-3-4-6-17(15)21/h3-6,9-11H,7-8,12H2,1-2H3,(H,22,25)(H,23,27). The van der Waals surface area contributed by atoms with E-state index in [9.17, 15) is 14.4 Å². The topological polar surface area (TPSA) is 78.5 Å². The summed E-state index contributed by atoms with van der Waals surface area (Å²) in [6.45, 7) is 3.59. The molecule has 2 aromatic rings. The third-order valence-electron chi connectivity index (χ3n) is 5.23. The molecule has 1 aliphatic heterocycles. The summed E-state index contributed by atoms with van der Waals surface area (Å²) in [7, 11) is 0. The van der Waals surface area contributed by atoms with E-state index in [0.29, 0.717) is 12.1 Å². The number of rotatable bonds is 3. The lowest BCUT2D eigenvalue weighted by Gasteiger charge is -2.22. The van der Waals surface area contributed by atoms with Crippen molar-refractivity contribution in [1.29, 1.82) is 0 Å². The van der Waals surface area contributed by atoms with Gasteiger partial charge < -0.3 is 10.6 Å². The molecule has 1 spiro atoms. The Morgan fingerprint density at radius 3 is 2.59 bits per heavy atom. The Hall–Kier alpha value is -3.15. The van der Waals surface area contributed by atoms with Crippen LogP contribution in [0.2, 0.25) is 0 Å². The summed E-state index contributed by atoms with van der Waals surface area (Å²) in [4.78, 5) is 39.0. The number of carbonyl (C=O) groups excluding carboxylic acids is 3. The van der Waals surface area contributed by atoms with Crippen LogP contribution in [0.25, 0.3) is 0 Å². The molecule has 27 heavy (non-hydrogen) atoms. The first-order chi connectivity index (χ1) is 12.9. The number of benzene rings is 2. The first-order valence-corrected chi connectivity index (χ1v) is 9.00. The van der Waals surface area contributed by atoms with Crippen molar-refractivity contribution in [2.75, 3.05) is 11.9 Å². The van der Waals surface area contributed by atoms with Gasteiger partial charge in [0.25, 0.3) is 5.91 Å². The van der Waals surface area contributed by atoms with Gasteiger partial charge in [0.1, 0.15) is 12.1 Å². The van der Waals surface area contributed by atoms with Gasteiger partial charge in [-0.25, -0.2) is 4.79 Å². The first kappa shape index (κ1) is 17.3. The van der Waals surface area contributed by atoms with Gasteiger partial charge in [0.05, 0.1) is 0 Å². The number of amides is 4. The summed E-state index contributed by atoms with van der Waals surface area (Å²) in [6.07, 6.45) is 1.25. The highest BCUT2D eigenvalue weighted by Gasteiger charge is 2.55. The van der Waals surface area contributed by atoms with Crippen LogP contribution in [0.15, 0.2) is 42.5 Å². The van der Waals surface area contributed by atoms with Crippen molar-refractivity contribution in [2.24, 2.45) is 0 Å². The summed E-state index contributed by atoms with van der Waals surface area (Å²) < 4.78 is 0. The normalized spacial score (nSPS) is 20.7. The van der Waals surface area contributed by atoms with Gasteiger partial charge in [0, 0.05) is 5.69 Å². The highest BCUT2D eigenvalue weighted by atomic mass is 16.2. The zero-order valence-corrected chi connectivity index (χ0v) is 15.3. The fourth-order valence-corrected chi connectivity index (χ4v) is 4.12. The van der Waals surface area contributed by atoms with Crippen LogP contribution in [0.5, 0.6) is 0 Å². The Balaban J connectivity index is 1.53. The number of urea groups is 1. The van der Waals surface area contributed by atoms with Crippen LogP contribution in [0.3, 0.4) is 0 Å². The van der Waals surface area contributed by atoms with Crippen LogP contribution in [0.1, 0.15) is 28.7 Å². The summed E-state index contributed by atoms with van der Waals surface area (Å²) in [6, 6.07) is 12.8. The second kappa shape index (κ2) is 6.23. The minimum Gasteiger partial charge on any atom is -0.325 e. The SMILES string of the molecule is Cc1cc(C)cc(NC(=O)CN2C(=O)NC3(CCc4ccccc43)C2=O)c1. The van der Waals surface area contributed by atoms with E-state index in [1.807, 2.05) is 56.3 Å². The molecule has 1 atom stereocenters. The van der Waals surface area contributed by atoms with Gasteiger partial charge in [-0.05, 0) is 61.1 Å². The van der Waals surface area contributed by atoms with Gasteiger partial charge in [0.15, 0.2) is 0 Å². The fourth-order valence-electron chi connectivity index (χ4n) is 4.12. The van der Waals surface area contributed by atoms with Gasteiger partial charge in [-0.15, -0.1) is 0 Å². The molecule has 138 valence electrons. The quantitative estimate of drug-likeness (QED) is 0.823. The van der Waals surface area contributed by atoms with E-state index in [2.05, 4.69) is 10.6 Å². The molecule has 0 radical (unpaired) electrons. The highest BCUT2D eigenvalue weighted by molar-refractivity contribution is 6.10. The zero-order chi connectivity index (χ0) is 19.2. The van der Waals surface area contributed by atoms with E-state index in [1.54, 1.807) is 0 Å². The molecule has 0 aromatic heterocycles. The number of fused-ring (bicyclic) bond motifs is 2. The van der Waals surface area contributed by atoms with Gasteiger partial charge in [-0.2, -0.15) is 0 Å². The number of aryl methyl sites for hydroxylation is 3. The lowest BCUT2D eigenvalue weighted by molar-refractivity contribution is -0.134. The average Bonchev–Trinajstić information content (AvgIpc) is 3.08. The monoisotopic (exact) mass is 363 g/mol. The molecule has 1 aliphatic carbocycles. The molecule has 2 aliphatic rings. The van der Waals surface area contributed by atoms with E-state index >= 15 is 0 Å². The molecule has 1 fully saturated rings. The first-order valence-electron chi connectivity index (χ1n) is 9.00. The summed E-state index contributed by atoms with van der Waals surface area (Å²) in [5, 5.41) is 5.61. The van der Waals surface area contributed by atoms with Crippen molar-refractivity contribution < 1.29 is 14.4 Å². The molecule has 6 nitrogen and oxygen atoms in total. The molecule has 1 unspecified atom stereocenters. The Morgan fingerprint density at radius 1 is 1.15 bits per heavy atom. The van der Waals surface area contributed by atoms with Gasteiger partial charge in [-0.1, -0.05) is 30.3 Å². The third-order valence-corrected chi connectivity index (χ3v) is 5.23. The lowest BCUT2D eigenvalue weighted by atomic mass is 9.92. The van der Waals surface area contributed by atoms with Crippen LogP contribution in [0.4, 0.5) is 10.5 Å². The van der Waals surface area contributed by atoms with E-state index in [1.165, 1.54) is 0 Å². The predicted molar refractivity (Wildman–Crippen MR) is 101 cm³/mol. The Labute approximate surface area is 157 Å². The zero-order valence-electron chi connectivity index (χ0n) is 15.3. The van der Waals surface area contributed by atoms with Crippen molar-refractivity contribution in [3.63, 3.8) is 0 Å². The van der Waals surface area contributed by atoms with Gasteiger partial charge >= 0.3 is 6.03 Å². The van der Waals surface area contributed by atoms with Crippen molar-refractivity contribution in [3.05, 3.63) is 64.7 Å². The molecule has 6 heteroatoms. The smallest absolute Gasteiger partial charge is 0.325 e. The molecule has 1 saturated heterocycles. The van der Waals surface area contributed by atoms with E-state index in [4.69, 9.17) is 0 Å². The number of nitrogens with one attached hydrogen (secondary N) is 2. The van der Waals surface area contributed by atoms with Crippen molar-refractivity contribution in [3.8, 4) is 0 Å². The molecule has 1 heterocycles. The van der Waals surface area contributed by atoms with Gasteiger partial charge in [0.2, 0.25) is 5.91 Å². The molecular weight excluding hydrogens is 342 g/mol. The van der Waals surface area contributed by atoms with Crippen LogP contribution >= 0.6 is 0 Å². The maximum absolute atomic E-state index is 13.1. The number of nitrogens with zero attached hydrogens (tertiary/aromatic N) is 1. The number of hydrogen-bond donors (Lipinski definition) is 2. The minimum absolute atomic E-state index is 0.304.